The summed E-state index contributed by atoms with van der Waals surface area (Å²) in [7, 11) is 0. The number of hydrogen-bond acceptors (Lipinski definition) is 3. The van der Waals surface area contributed by atoms with Crippen molar-refractivity contribution in [3.05, 3.63) is 23.3 Å². The normalized spacial score (nSPS) is 39.2. The van der Waals surface area contributed by atoms with Gasteiger partial charge in [-0.15, -0.1) is 0 Å². The quantitative estimate of drug-likeness (QED) is 0.690. The van der Waals surface area contributed by atoms with Gasteiger partial charge in [0.05, 0.1) is 0 Å². The lowest BCUT2D eigenvalue weighted by Gasteiger charge is -2.63. The molecule has 0 radical (unpaired) electrons. The summed E-state index contributed by atoms with van der Waals surface area (Å²) in [5, 5.41) is 23.8. The highest BCUT2D eigenvalue weighted by Crippen LogP contribution is 2.68. The Morgan fingerprint density at radius 2 is 1.78 bits per heavy atom. The van der Waals surface area contributed by atoms with Crippen molar-refractivity contribution in [1.82, 2.24) is 5.32 Å². The lowest BCUT2D eigenvalue weighted by molar-refractivity contribution is -0.131. The van der Waals surface area contributed by atoms with Gasteiger partial charge in [0.25, 0.3) is 0 Å². The second-order valence-corrected chi connectivity index (χ2v) is 10.4. The van der Waals surface area contributed by atoms with Crippen molar-refractivity contribution >= 4 is 5.91 Å². The maximum atomic E-state index is 11.7. The second kappa shape index (κ2) is 5.65. The van der Waals surface area contributed by atoms with Crippen LogP contribution in [0.4, 0.5) is 0 Å². The van der Waals surface area contributed by atoms with Crippen molar-refractivity contribution in [2.24, 2.45) is 22.7 Å². The first-order valence-corrected chi connectivity index (χ1v) is 10.3. The highest BCUT2D eigenvalue weighted by molar-refractivity contribution is 5.73. The van der Waals surface area contributed by atoms with Gasteiger partial charge >= 0.3 is 0 Å². The van der Waals surface area contributed by atoms with Crippen LogP contribution in [0.1, 0.15) is 71.4 Å². The van der Waals surface area contributed by atoms with Crippen molar-refractivity contribution < 1.29 is 15.0 Å². The smallest absolute Gasteiger partial charge is 0.217 e. The van der Waals surface area contributed by atoms with Crippen LogP contribution in [0.3, 0.4) is 0 Å². The number of aromatic hydroxyl groups is 2. The molecule has 27 heavy (non-hydrogen) atoms. The topological polar surface area (TPSA) is 69.6 Å². The van der Waals surface area contributed by atoms with E-state index in [1.807, 2.05) is 6.07 Å². The van der Waals surface area contributed by atoms with Crippen LogP contribution in [-0.2, 0) is 16.6 Å². The van der Waals surface area contributed by atoms with Crippen LogP contribution >= 0.6 is 0 Å². The number of benzene rings is 1. The summed E-state index contributed by atoms with van der Waals surface area (Å²) in [6.45, 7) is 11.0. The fourth-order valence-corrected chi connectivity index (χ4v) is 7.53. The molecule has 4 nitrogen and oxygen atoms in total. The number of phenolic OH excluding ortho intramolecular Hbond substituents is 2. The Labute approximate surface area is 162 Å². The Morgan fingerprint density at radius 3 is 2.44 bits per heavy atom. The maximum Gasteiger partial charge on any atom is 0.217 e. The van der Waals surface area contributed by atoms with E-state index in [4.69, 9.17) is 0 Å². The van der Waals surface area contributed by atoms with Crippen LogP contribution in [0.2, 0.25) is 0 Å². The summed E-state index contributed by atoms with van der Waals surface area (Å²) in [6.07, 6.45) is 5.15. The first kappa shape index (κ1) is 18.6. The van der Waals surface area contributed by atoms with E-state index in [0.717, 1.165) is 43.2 Å². The minimum Gasteiger partial charge on any atom is -0.508 e. The minimum absolute atomic E-state index is 0.0406. The molecule has 0 saturated heterocycles. The summed E-state index contributed by atoms with van der Waals surface area (Å²) >= 11 is 0. The van der Waals surface area contributed by atoms with Gasteiger partial charge in [-0.3, -0.25) is 4.79 Å². The van der Waals surface area contributed by atoms with Gasteiger partial charge in [-0.1, -0.05) is 27.7 Å². The monoisotopic (exact) mass is 371 g/mol. The molecule has 0 heterocycles. The van der Waals surface area contributed by atoms with Crippen molar-refractivity contribution in [2.75, 3.05) is 0 Å². The summed E-state index contributed by atoms with van der Waals surface area (Å²) in [6, 6.07) is 3.57. The fraction of sp³-hybridized carbons (Fsp3) is 0.696. The third kappa shape index (κ3) is 2.44. The molecule has 0 aromatic heterocycles. The highest BCUT2D eigenvalue weighted by atomic mass is 16.3. The summed E-state index contributed by atoms with van der Waals surface area (Å²) in [4.78, 5) is 11.7. The van der Waals surface area contributed by atoms with Gasteiger partial charge in [-0.2, -0.15) is 0 Å². The molecule has 2 fully saturated rings. The first-order valence-electron chi connectivity index (χ1n) is 10.3. The predicted molar refractivity (Wildman–Crippen MR) is 106 cm³/mol. The van der Waals surface area contributed by atoms with E-state index in [9.17, 15) is 15.0 Å². The van der Waals surface area contributed by atoms with Gasteiger partial charge in [-0.05, 0) is 66.4 Å². The zero-order valence-corrected chi connectivity index (χ0v) is 17.2. The number of fused-ring (bicyclic) bond motifs is 5. The van der Waals surface area contributed by atoms with E-state index in [1.165, 1.54) is 6.07 Å². The molecule has 3 aliphatic rings. The summed E-state index contributed by atoms with van der Waals surface area (Å²) < 4.78 is 0. The molecule has 2 saturated carbocycles. The molecule has 5 atom stereocenters. The fourth-order valence-electron chi connectivity index (χ4n) is 7.53. The first-order chi connectivity index (χ1) is 12.5. The van der Waals surface area contributed by atoms with Crippen LogP contribution < -0.4 is 5.32 Å². The Kier molecular flexibility index (Phi) is 3.90. The van der Waals surface area contributed by atoms with E-state index >= 15 is 0 Å². The molecule has 4 rings (SSSR count). The van der Waals surface area contributed by atoms with E-state index in [2.05, 4.69) is 33.0 Å². The van der Waals surface area contributed by atoms with Crippen LogP contribution in [0, 0.1) is 22.7 Å². The van der Waals surface area contributed by atoms with Gasteiger partial charge in [0.1, 0.15) is 11.5 Å². The Hall–Kier alpha value is -1.71. The average molecular weight is 372 g/mol. The summed E-state index contributed by atoms with van der Waals surface area (Å²) in [5.41, 5.74) is 2.33. The number of rotatable bonds is 1. The Bertz CT molecular complexity index is 801. The summed E-state index contributed by atoms with van der Waals surface area (Å²) in [5.74, 6) is 1.45. The molecular formula is C23H33NO3. The van der Waals surface area contributed by atoms with E-state index in [-0.39, 0.29) is 39.7 Å². The van der Waals surface area contributed by atoms with Crippen LogP contribution in [0.5, 0.6) is 11.5 Å². The van der Waals surface area contributed by atoms with Gasteiger partial charge in [0.2, 0.25) is 5.91 Å². The molecule has 4 heteroatoms. The van der Waals surface area contributed by atoms with E-state index in [1.54, 1.807) is 6.92 Å². The zero-order valence-electron chi connectivity index (χ0n) is 17.2. The minimum atomic E-state index is -0.0463. The van der Waals surface area contributed by atoms with Crippen molar-refractivity contribution in [1.29, 1.82) is 0 Å². The lowest BCUT2D eigenvalue weighted by atomic mass is 9.42. The van der Waals surface area contributed by atoms with Crippen molar-refractivity contribution in [3.8, 4) is 11.5 Å². The molecule has 1 aromatic rings. The predicted octanol–water partition coefficient (Wildman–Crippen LogP) is 4.27. The molecule has 0 spiro atoms. The number of phenols is 2. The maximum absolute atomic E-state index is 11.7. The van der Waals surface area contributed by atoms with E-state index < -0.39 is 0 Å². The molecule has 0 aliphatic heterocycles. The zero-order chi connectivity index (χ0) is 19.8. The molecule has 3 aliphatic carbocycles. The Balaban J connectivity index is 1.75. The second-order valence-electron chi connectivity index (χ2n) is 10.4. The van der Waals surface area contributed by atoms with Gasteiger partial charge < -0.3 is 15.5 Å². The number of nitrogens with one attached hydrogen (secondary N) is 1. The molecule has 1 aromatic carbocycles. The molecule has 0 bridgehead atoms. The van der Waals surface area contributed by atoms with Crippen LogP contribution in [-0.4, -0.2) is 22.2 Å². The third-order valence-corrected chi connectivity index (χ3v) is 8.64. The van der Waals surface area contributed by atoms with Crippen LogP contribution in [0.15, 0.2) is 12.1 Å². The number of amides is 1. The van der Waals surface area contributed by atoms with Crippen molar-refractivity contribution in [3.63, 3.8) is 0 Å². The lowest BCUT2D eigenvalue weighted by Crippen LogP contribution is -2.61. The average Bonchev–Trinajstić information content (AvgIpc) is 2.84. The van der Waals surface area contributed by atoms with Crippen LogP contribution in [0.25, 0.3) is 0 Å². The Morgan fingerprint density at radius 1 is 1.07 bits per heavy atom. The third-order valence-electron chi connectivity index (χ3n) is 8.64. The number of carbonyl (C=O) groups is 1. The molecular weight excluding hydrogens is 338 g/mol. The molecule has 148 valence electrons. The van der Waals surface area contributed by atoms with Gasteiger partial charge in [-0.25, -0.2) is 0 Å². The molecule has 1 amide bonds. The molecule has 3 N–H and O–H groups in total. The van der Waals surface area contributed by atoms with Crippen molar-refractivity contribution in [2.45, 2.75) is 78.2 Å². The largest absolute Gasteiger partial charge is 0.508 e. The number of hydrogen-bond donors (Lipinski definition) is 3. The van der Waals surface area contributed by atoms with Gasteiger partial charge in [0.15, 0.2) is 0 Å². The SMILES string of the molecule is CC(=O)NC1CCC2(C)C3Cc4cc(O)cc(O)c4C3(C)CCC2C1(C)C. The number of carbonyl (C=O) groups excluding carboxylic acids is 1. The highest BCUT2D eigenvalue weighted by Gasteiger charge is 2.63. The van der Waals surface area contributed by atoms with Gasteiger partial charge in [0, 0.05) is 30.0 Å². The standard InChI is InChI=1S/C23H33NO3/c1-13(25)24-19-7-9-22(4)17(21(19,2)3)6-8-23(5)18(22)11-14-10-15(26)12-16(27)20(14)23/h10,12,17-19,26-27H,6-9,11H2,1-5H3,(H,24,25). The van der Waals surface area contributed by atoms with E-state index in [0.29, 0.717) is 11.8 Å². The molecule has 5 unspecified atom stereocenters.